The zero-order valence-electron chi connectivity index (χ0n) is 4.53. The van der Waals surface area contributed by atoms with Crippen LogP contribution in [0.5, 0.6) is 0 Å². The van der Waals surface area contributed by atoms with Gasteiger partial charge in [-0.3, -0.25) is 0 Å². The molecule has 0 saturated carbocycles. The molecule has 0 aromatic rings. The number of rotatable bonds is 2. The first kappa shape index (κ1) is 9.36. The van der Waals surface area contributed by atoms with Crippen LogP contribution in [0.1, 0.15) is 13.3 Å². The Morgan fingerprint density at radius 2 is 1.75 bits per heavy atom. The van der Waals surface area contributed by atoms with E-state index in [0.717, 1.165) is 6.42 Å². The monoisotopic (exact) mass is 216 g/mol. The Bertz CT molecular complexity index is 77.0. The summed E-state index contributed by atoms with van der Waals surface area (Å²) < 4.78 is 5.35. The molecular formula is C3H9Cl3CrN. The van der Waals surface area contributed by atoms with Gasteiger partial charge in [0, 0.05) is 0 Å². The molecule has 2 N–H and O–H groups in total. The molecule has 0 radical (unpaired) electrons. The van der Waals surface area contributed by atoms with Gasteiger partial charge in [-0.25, -0.2) is 0 Å². The predicted molar refractivity (Wildman–Crippen MR) is 36.8 cm³/mol. The van der Waals surface area contributed by atoms with Crippen molar-refractivity contribution >= 4 is 30.1 Å². The Morgan fingerprint density at radius 3 is 1.75 bits per heavy atom. The Kier molecular flexibility index (Phi) is 2.97. The van der Waals surface area contributed by atoms with Crippen LogP contribution >= 0.6 is 30.1 Å². The SMILES string of the molecule is CC[CH2][Cr]([NH2])([Cl])([Cl])[Cl]. The third-order valence-corrected chi connectivity index (χ3v) is 4.19. The van der Waals surface area contributed by atoms with Crippen LogP contribution in [0.3, 0.4) is 0 Å². The maximum absolute atomic E-state index is 5.56. The van der Waals surface area contributed by atoms with Crippen LogP contribution in [-0.4, -0.2) is 0 Å². The van der Waals surface area contributed by atoms with Crippen molar-refractivity contribution in [2.45, 2.75) is 18.6 Å². The Balaban J connectivity index is 3.73. The van der Waals surface area contributed by atoms with Crippen molar-refractivity contribution in [3.05, 3.63) is 0 Å². The molecule has 1 nitrogen and oxygen atoms in total. The Morgan fingerprint density at radius 1 is 1.38 bits per heavy atom. The van der Waals surface area contributed by atoms with Gasteiger partial charge in [-0.1, -0.05) is 0 Å². The van der Waals surface area contributed by atoms with E-state index in [-0.39, 0.29) is 0 Å². The Hall–Kier alpha value is 1.36. The summed E-state index contributed by atoms with van der Waals surface area (Å²) in [5, 5.41) is 0.546. The van der Waals surface area contributed by atoms with Crippen molar-refractivity contribution in [1.82, 2.24) is 0 Å². The summed E-state index contributed by atoms with van der Waals surface area (Å²) >= 11 is 0. The van der Waals surface area contributed by atoms with Crippen molar-refractivity contribution in [3.8, 4) is 0 Å². The minimum absolute atomic E-state index is 0.546. The molecule has 5 heteroatoms. The van der Waals surface area contributed by atoms with E-state index in [4.69, 9.17) is 34.9 Å². The van der Waals surface area contributed by atoms with Crippen LogP contribution in [0.25, 0.3) is 0 Å². The standard InChI is InChI=1S/C3H7.3ClH.Cr.H2N/c1-3-2;;;;;/h1,3H2,2H3;3*1H;;1H2/q;;;;+4;-1/p-3. The molecule has 0 heterocycles. The van der Waals surface area contributed by atoms with Crippen molar-refractivity contribution in [2.75, 3.05) is 0 Å². The van der Waals surface area contributed by atoms with E-state index >= 15 is 0 Å². The number of nitrogens with two attached hydrogens (primary N) is 1. The van der Waals surface area contributed by atoms with Crippen LogP contribution in [-0.2, 0) is 9.46 Å². The second-order valence-corrected chi connectivity index (χ2v) is 15.9. The van der Waals surface area contributed by atoms with Crippen LogP contribution in [0.15, 0.2) is 0 Å². The third kappa shape index (κ3) is 7.36. The minimum atomic E-state index is -3.54. The first-order valence-electron chi connectivity index (χ1n) is 2.19. The average molecular weight is 217 g/mol. The molecule has 0 atom stereocenters. The molecule has 53 valence electrons. The fourth-order valence-corrected chi connectivity index (χ4v) is 3.35. The van der Waals surface area contributed by atoms with Gasteiger partial charge >= 0.3 is 63.0 Å². The van der Waals surface area contributed by atoms with E-state index in [1.165, 1.54) is 0 Å². The van der Waals surface area contributed by atoms with E-state index in [1.807, 2.05) is 6.92 Å². The molecule has 0 bridgehead atoms. The zero-order valence-corrected chi connectivity index (χ0v) is 8.08. The van der Waals surface area contributed by atoms with Gasteiger partial charge in [0.15, 0.2) is 0 Å². The second kappa shape index (κ2) is 2.54. The van der Waals surface area contributed by atoms with E-state index in [0.29, 0.717) is 5.28 Å². The van der Waals surface area contributed by atoms with Gasteiger partial charge in [0.2, 0.25) is 0 Å². The molecule has 0 amide bonds. The molecule has 0 aliphatic carbocycles. The Labute approximate surface area is 62.9 Å². The molecule has 0 saturated heterocycles. The fraction of sp³-hybridized carbons (Fsp3) is 1.00. The van der Waals surface area contributed by atoms with Crippen LogP contribution in [0, 0.1) is 0 Å². The normalized spacial score (nSPS) is 17.4. The average Bonchev–Trinajstić information content (AvgIpc) is 1.25. The molecule has 8 heavy (non-hydrogen) atoms. The van der Waals surface area contributed by atoms with E-state index in [2.05, 4.69) is 0 Å². The summed E-state index contributed by atoms with van der Waals surface area (Å²) in [5.41, 5.74) is 0. The molecule has 0 aliphatic heterocycles. The van der Waals surface area contributed by atoms with Gasteiger partial charge in [0.1, 0.15) is 0 Å². The van der Waals surface area contributed by atoms with Gasteiger partial charge in [-0.05, 0) is 0 Å². The topological polar surface area (TPSA) is 26.0 Å². The van der Waals surface area contributed by atoms with E-state index in [1.54, 1.807) is 0 Å². The van der Waals surface area contributed by atoms with Crippen LogP contribution in [0.2, 0.25) is 5.28 Å². The maximum atomic E-state index is 5.56. The molecule has 0 unspecified atom stereocenters. The molecule has 0 fully saturated rings. The number of hydrogen-bond acceptors (Lipinski definition) is 1. The molecule has 0 aliphatic rings. The van der Waals surface area contributed by atoms with Gasteiger partial charge < -0.3 is 0 Å². The third-order valence-electron chi connectivity index (χ3n) is 0.553. The number of hydrogen-bond donors (Lipinski definition) is 1. The quantitative estimate of drug-likeness (QED) is 0.756. The van der Waals surface area contributed by atoms with Crippen LogP contribution in [0.4, 0.5) is 0 Å². The van der Waals surface area contributed by atoms with Crippen molar-refractivity contribution < 1.29 is 9.46 Å². The molecule has 0 aromatic heterocycles. The summed E-state index contributed by atoms with van der Waals surface area (Å²) in [6.07, 6.45) is 0.840. The summed E-state index contributed by atoms with van der Waals surface area (Å²) in [6.45, 7) is 1.94. The van der Waals surface area contributed by atoms with Crippen molar-refractivity contribution in [1.29, 1.82) is 0 Å². The molecule has 0 rings (SSSR count). The summed E-state index contributed by atoms with van der Waals surface area (Å²) in [6, 6.07) is 0. The first-order chi connectivity index (χ1) is 3.31. The van der Waals surface area contributed by atoms with E-state index in [9.17, 15) is 0 Å². The second-order valence-electron chi connectivity index (χ2n) is 1.64. The van der Waals surface area contributed by atoms with Crippen LogP contribution < -0.4 is 4.72 Å². The fourth-order valence-electron chi connectivity index (χ4n) is 0.349. The van der Waals surface area contributed by atoms with Gasteiger partial charge in [0.25, 0.3) is 0 Å². The van der Waals surface area contributed by atoms with E-state index < -0.39 is 9.46 Å². The zero-order chi connectivity index (χ0) is 6.86. The number of halogens is 3. The summed E-state index contributed by atoms with van der Waals surface area (Å²) in [4.78, 5) is 0. The molecular weight excluding hydrogens is 208 g/mol. The molecule has 0 aromatic carbocycles. The first-order valence-corrected chi connectivity index (χ1v) is 9.10. The van der Waals surface area contributed by atoms with Crippen molar-refractivity contribution in [2.24, 2.45) is 4.72 Å². The molecule has 0 spiro atoms. The predicted octanol–water partition coefficient (Wildman–Crippen LogP) is 2.84. The summed E-state index contributed by atoms with van der Waals surface area (Å²) in [5.74, 6) is 0. The van der Waals surface area contributed by atoms with Gasteiger partial charge in [0.05, 0.1) is 0 Å². The summed E-state index contributed by atoms with van der Waals surface area (Å²) in [7, 11) is 13.2. The van der Waals surface area contributed by atoms with Gasteiger partial charge in [-0.15, -0.1) is 0 Å². The van der Waals surface area contributed by atoms with Crippen molar-refractivity contribution in [3.63, 3.8) is 0 Å². The van der Waals surface area contributed by atoms with Gasteiger partial charge in [-0.2, -0.15) is 0 Å².